The number of nitrogens with one attached hydrogen (secondary N) is 2. The quantitative estimate of drug-likeness (QED) is 0.665. The number of nitrogens with zero attached hydrogens (tertiary/aromatic N) is 2. The lowest BCUT2D eigenvalue weighted by Gasteiger charge is -2.09. The van der Waals surface area contributed by atoms with Gasteiger partial charge in [-0.25, -0.2) is 4.68 Å². The minimum atomic E-state index is -0.240. The van der Waals surface area contributed by atoms with Crippen LogP contribution in [0.15, 0.2) is 60.9 Å². The molecule has 0 aliphatic rings. The topological polar surface area (TPSA) is 76.0 Å². The van der Waals surface area contributed by atoms with Crippen LogP contribution in [0, 0.1) is 13.8 Å². The summed E-state index contributed by atoms with van der Waals surface area (Å²) in [5, 5.41) is 9.69. The molecule has 0 spiro atoms. The first-order chi connectivity index (χ1) is 13.5. The van der Waals surface area contributed by atoms with Crippen LogP contribution >= 0.6 is 0 Å². The van der Waals surface area contributed by atoms with E-state index in [4.69, 9.17) is 0 Å². The molecule has 0 saturated heterocycles. The number of aromatic nitrogens is 2. The molecule has 0 fully saturated rings. The number of hydrogen-bond donors (Lipinski definition) is 2. The number of carbonyl (C=O) groups excluding carboxylic acids is 2. The van der Waals surface area contributed by atoms with Crippen LogP contribution in [-0.4, -0.2) is 34.7 Å². The first-order valence-electron chi connectivity index (χ1n) is 9.23. The molecule has 2 amide bonds. The van der Waals surface area contributed by atoms with Gasteiger partial charge in [-0.15, -0.1) is 0 Å². The summed E-state index contributed by atoms with van der Waals surface area (Å²) in [6.45, 7) is 4.36. The maximum Gasteiger partial charge on any atom is 0.251 e. The number of aryl methyl sites for hydroxylation is 2. The first-order valence-corrected chi connectivity index (χ1v) is 9.23. The summed E-state index contributed by atoms with van der Waals surface area (Å²) in [5.41, 5.74) is 4.73. The Morgan fingerprint density at radius 1 is 1.00 bits per heavy atom. The van der Waals surface area contributed by atoms with Gasteiger partial charge in [0.25, 0.3) is 5.91 Å². The Morgan fingerprint density at radius 3 is 2.36 bits per heavy atom. The predicted molar refractivity (Wildman–Crippen MR) is 109 cm³/mol. The molecule has 1 heterocycles. The van der Waals surface area contributed by atoms with E-state index < -0.39 is 0 Å². The molecule has 3 rings (SSSR count). The SMILES string of the molecule is Cc1cc(C)cc(C(=O)NCC(=O)NCCc2ccc(-n3cccn3)cc2)c1. The molecule has 3 aromatic rings. The smallest absolute Gasteiger partial charge is 0.251 e. The van der Waals surface area contributed by atoms with Crippen LogP contribution in [0.2, 0.25) is 0 Å². The van der Waals surface area contributed by atoms with E-state index >= 15 is 0 Å². The third kappa shape index (κ3) is 5.30. The Balaban J connectivity index is 1.41. The lowest BCUT2D eigenvalue weighted by molar-refractivity contribution is -0.120. The maximum atomic E-state index is 12.2. The molecule has 6 nitrogen and oxygen atoms in total. The molecule has 0 bridgehead atoms. The molecule has 0 aliphatic heterocycles. The van der Waals surface area contributed by atoms with Gasteiger partial charge in [0, 0.05) is 24.5 Å². The van der Waals surface area contributed by atoms with Crippen molar-refractivity contribution in [2.24, 2.45) is 0 Å². The summed E-state index contributed by atoms with van der Waals surface area (Å²) in [5.74, 6) is -0.443. The van der Waals surface area contributed by atoms with Crippen LogP contribution in [0.4, 0.5) is 0 Å². The summed E-state index contributed by atoms with van der Waals surface area (Å²) in [4.78, 5) is 24.2. The molecule has 0 radical (unpaired) electrons. The minimum absolute atomic E-state index is 0.0376. The van der Waals surface area contributed by atoms with Gasteiger partial charge in [0.1, 0.15) is 0 Å². The standard InChI is InChI=1S/C22H24N4O2/c1-16-12-17(2)14-19(13-16)22(28)24-15-21(27)23-10-8-18-4-6-20(7-5-18)26-11-3-9-25-26/h3-7,9,11-14H,8,10,15H2,1-2H3,(H,23,27)(H,24,28). The molecule has 144 valence electrons. The predicted octanol–water partition coefficient (Wildman–Crippen LogP) is 2.58. The Labute approximate surface area is 164 Å². The van der Waals surface area contributed by atoms with Crippen molar-refractivity contribution in [3.63, 3.8) is 0 Å². The number of benzene rings is 2. The minimum Gasteiger partial charge on any atom is -0.354 e. The van der Waals surface area contributed by atoms with E-state index in [0.717, 1.165) is 28.8 Å². The monoisotopic (exact) mass is 376 g/mol. The van der Waals surface area contributed by atoms with E-state index in [1.165, 1.54) is 0 Å². The molecule has 1 aromatic heterocycles. The van der Waals surface area contributed by atoms with Gasteiger partial charge in [0.05, 0.1) is 12.2 Å². The van der Waals surface area contributed by atoms with Crippen LogP contribution in [0.3, 0.4) is 0 Å². The summed E-state index contributed by atoms with van der Waals surface area (Å²) in [6.07, 6.45) is 4.35. The Kier molecular flexibility index (Phi) is 6.22. The van der Waals surface area contributed by atoms with Crippen LogP contribution in [0.1, 0.15) is 27.0 Å². The van der Waals surface area contributed by atoms with Crippen molar-refractivity contribution in [2.75, 3.05) is 13.1 Å². The third-order valence-electron chi connectivity index (χ3n) is 4.33. The highest BCUT2D eigenvalue weighted by molar-refractivity contribution is 5.96. The second kappa shape index (κ2) is 8.99. The van der Waals surface area contributed by atoms with Gasteiger partial charge in [-0.2, -0.15) is 5.10 Å². The number of hydrogen-bond acceptors (Lipinski definition) is 3. The van der Waals surface area contributed by atoms with E-state index in [0.29, 0.717) is 12.1 Å². The molecular weight excluding hydrogens is 352 g/mol. The fraction of sp³-hybridized carbons (Fsp3) is 0.227. The van der Waals surface area contributed by atoms with Crippen LogP contribution in [-0.2, 0) is 11.2 Å². The van der Waals surface area contributed by atoms with Crippen molar-refractivity contribution < 1.29 is 9.59 Å². The van der Waals surface area contributed by atoms with Gasteiger partial charge in [-0.05, 0) is 56.2 Å². The second-order valence-corrected chi connectivity index (χ2v) is 6.78. The van der Waals surface area contributed by atoms with E-state index in [2.05, 4.69) is 15.7 Å². The fourth-order valence-corrected chi connectivity index (χ4v) is 3.01. The molecule has 28 heavy (non-hydrogen) atoms. The van der Waals surface area contributed by atoms with Crippen molar-refractivity contribution in [3.8, 4) is 5.69 Å². The van der Waals surface area contributed by atoms with Gasteiger partial charge in [-0.1, -0.05) is 29.3 Å². The summed E-state index contributed by atoms with van der Waals surface area (Å²) >= 11 is 0. The van der Waals surface area contributed by atoms with Crippen molar-refractivity contribution in [1.82, 2.24) is 20.4 Å². The molecule has 0 aliphatic carbocycles. The molecule has 0 saturated carbocycles. The summed E-state index contributed by atoms with van der Waals surface area (Å²) in [6, 6.07) is 15.5. The largest absolute Gasteiger partial charge is 0.354 e. The molecule has 2 aromatic carbocycles. The zero-order chi connectivity index (χ0) is 19.9. The van der Waals surface area contributed by atoms with E-state index in [1.807, 2.05) is 68.6 Å². The zero-order valence-electron chi connectivity index (χ0n) is 16.1. The normalized spacial score (nSPS) is 10.5. The first kappa shape index (κ1) is 19.4. The highest BCUT2D eigenvalue weighted by Crippen LogP contribution is 2.09. The molecule has 6 heteroatoms. The highest BCUT2D eigenvalue weighted by Gasteiger charge is 2.09. The zero-order valence-corrected chi connectivity index (χ0v) is 16.1. The fourth-order valence-electron chi connectivity index (χ4n) is 3.01. The van der Waals surface area contributed by atoms with Gasteiger partial charge in [0.15, 0.2) is 0 Å². The Morgan fingerprint density at radius 2 is 1.71 bits per heavy atom. The maximum absolute atomic E-state index is 12.2. The van der Waals surface area contributed by atoms with Crippen LogP contribution in [0.5, 0.6) is 0 Å². The Bertz CT molecular complexity index is 927. The molecule has 0 atom stereocenters. The summed E-state index contributed by atoms with van der Waals surface area (Å²) < 4.78 is 1.80. The summed E-state index contributed by atoms with van der Waals surface area (Å²) in [7, 11) is 0. The van der Waals surface area contributed by atoms with E-state index in [9.17, 15) is 9.59 Å². The third-order valence-corrected chi connectivity index (χ3v) is 4.33. The number of rotatable bonds is 7. The molecule has 0 unspecified atom stereocenters. The van der Waals surface area contributed by atoms with Gasteiger partial charge >= 0.3 is 0 Å². The second-order valence-electron chi connectivity index (χ2n) is 6.78. The highest BCUT2D eigenvalue weighted by atomic mass is 16.2. The number of carbonyl (C=O) groups is 2. The van der Waals surface area contributed by atoms with Crippen molar-refractivity contribution in [1.29, 1.82) is 0 Å². The van der Waals surface area contributed by atoms with Crippen molar-refractivity contribution >= 4 is 11.8 Å². The van der Waals surface area contributed by atoms with Gasteiger partial charge < -0.3 is 10.6 Å². The van der Waals surface area contributed by atoms with E-state index in [-0.39, 0.29) is 18.4 Å². The Hall–Kier alpha value is -3.41. The molecular formula is C22H24N4O2. The number of amides is 2. The molecule has 2 N–H and O–H groups in total. The van der Waals surface area contributed by atoms with Crippen molar-refractivity contribution in [3.05, 3.63) is 83.2 Å². The van der Waals surface area contributed by atoms with E-state index in [1.54, 1.807) is 10.9 Å². The van der Waals surface area contributed by atoms with Crippen molar-refractivity contribution in [2.45, 2.75) is 20.3 Å². The van der Waals surface area contributed by atoms with Crippen LogP contribution in [0.25, 0.3) is 5.69 Å². The van der Waals surface area contributed by atoms with Crippen LogP contribution < -0.4 is 10.6 Å². The average Bonchev–Trinajstić information content (AvgIpc) is 3.20. The lowest BCUT2D eigenvalue weighted by Crippen LogP contribution is -2.37. The lowest BCUT2D eigenvalue weighted by atomic mass is 10.1. The van der Waals surface area contributed by atoms with Gasteiger partial charge in [0.2, 0.25) is 5.91 Å². The van der Waals surface area contributed by atoms with Gasteiger partial charge in [-0.3, -0.25) is 9.59 Å². The average molecular weight is 376 g/mol.